The van der Waals surface area contributed by atoms with Crippen LogP contribution in [0.2, 0.25) is 0 Å². The van der Waals surface area contributed by atoms with Gasteiger partial charge in [-0.2, -0.15) is 0 Å². The number of aliphatic hydroxyl groups excluding tert-OH is 1. The van der Waals surface area contributed by atoms with Crippen LogP contribution >= 0.6 is 0 Å². The Balaban J connectivity index is 2.55. The SMILES string of the molecule is CCN(c1ccccc1C)c1ccc(F)cc1[C@H](C)O. The lowest BCUT2D eigenvalue weighted by atomic mass is 10.1. The highest BCUT2D eigenvalue weighted by molar-refractivity contribution is 5.69. The Labute approximate surface area is 119 Å². The number of para-hydroxylation sites is 1. The second-order valence-electron chi connectivity index (χ2n) is 4.91. The molecule has 0 aliphatic rings. The zero-order chi connectivity index (χ0) is 14.7. The number of hydrogen-bond acceptors (Lipinski definition) is 2. The molecule has 1 atom stereocenters. The molecule has 106 valence electrons. The van der Waals surface area contributed by atoms with Gasteiger partial charge in [0, 0.05) is 23.5 Å². The van der Waals surface area contributed by atoms with Crippen molar-refractivity contribution in [2.45, 2.75) is 26.9 Å². The molecular formula is C17H20FNO. The number of halogens is 1. The smallest absolute Gasteiger partial charge is 0.123 e. The quantitative estimate of drug-likeness (QED) is 0.895. The molecule has 0 bridgehead atoms. The molecule has 0 aromatic heterocycles. The highest BCUT2D eigenvalue weighted by Crippen LogP contribution is 2.33. The van der Waals surface area contributed by atoms with Crippen molar-refractivity contribution in [3.63, 3.8) is 0 Å². The van der Waals surface area contributed by atoms with Gasteiger partial charge < -0.3 is 10.0 Å². The van der Waals surface area contributed by atoms with Crippen molar-refractivity contribution in [3.05, 3.63) is 59.4 Å². The van der Waals surface area contributed by atoms with Gasteiger partial charge in [0.05, 0.1) is 6.10 Å². The van der Waals surface area contributed by atoms with Crippen molar-refractivity contribution in [2.75, 3.05) is 11.4 Å². The Kier molecular flexibility index (Phi) is 4.40. The molecular weight excluding hydrogens is 253 g/mol. The van der Waals surface area contributed by atoms with Gasteiger partial charge in [0.2, 0.25) is 0 Å². The van der Waals surface area contributed by atoms with Gasteiger partial charge in [0.1, 0.15) is 5.82 Å². The Morgan fingerprint density at radius 1 is 1.15 bits per heavy atom. The van der Waals surface area contributed by atoms with Crippen molar-refractivity contribution in [1.29, 1.82) is 0 Å². The molecule has 2 aromatic carbocycles. The summed E-state index contributed by atoms with van der Waals surface area (Å²) in [6, 6.07) is 12.6. The highest BCUT2D eigenvalue weighted by atomic mass is 19.1. The van der Waals surface area contributed by atoms with Gasteiger partial charge in [0.15, 0.2) is 0 Å². The first kappa shape index (κ1) is 14.5. The zero-order valence-corrected chi connectivity index (χ0v) is 12.1. The molecule has 2 rings (SSSR count). The molecule has 0 amide bonds. The van der Waals surface area contributed by atoms with E-state index >= 15 is 0 Å². The van der Waals surface area contributed by atoms with Crippen molar-refractivity contribution in [3.8, 4) is 0 Å². The van der Waals surface area contributed by atoms with Crippen LogP contribution in [-0.4, -0.2) is 11.7 Å². The molecule has 0 saturated heterocycles. The van der Waals surface area contributed by atoms with E-state index in [4.69, 9.17) is 0 Å². The molecule has 1 N–H and O–H groups in total. The van der Waals surface area contributed by atoms with Crippen LogP contribution < -0.4 is 4.90 Å². The Morgan fingerprint density at radius 3 is 2.45 bits per heavy atom. The summed E-state index contributed by atoms with van der Waals surface area (Å²) in [6.07, 6.45) is -0.709. The molecule has 2 aromatic rings. The second-order valence-corrected chi connectivity index (χ2v) is 4.91. The van der Waals surface area contributed by atoms with Crippen LogP contribution in [-0.2, 0) is 0 Å². The number of rotatable bonds is 4. The zero-order valence-electron chi connectivity index (χ0n) is 12.1. The van der Waals surface area contributed by atoms with Crippen molar-refractivity contribution < 1.29 is 9.50 Å². The molecule has 0 fully saturated rings. The minimum absolute atomic E-state index is 0.328. The molecule has 20 heavy (non-hydrogen) atoms. The summed E-state index contributed by atoms with van der Waals surface area (Å²) < 4.78 is 13.4. The Hall–Kier alpha value is -1.87. The van der Waals surface area contributed by atoms with Gasteiger partial charge in [0.25, 0.3) is 0 Å². The second kappa shape index (κ2) is 6.06. The summed E-state index contributed by atoms with van der Waals surface area (Å²) in [5.74, 6) is -0.328. The highest BCUT2D eigenvalue weighted by Gasteiger charge is 2.16. The monoisotopic (exact) mass is 273 g/mol. The van der Waals surface area contributed by atoms with Crippen LogP contribution in [0.3, 0.4) is 0 Å². The molecule has 3 heteroatoms. The van der Waals surface area contributed by atoms with Crippen molar-refractivity contribution in [1.82, 2.24) is 0 Å². The summed E-state index contributed by atoms with van der Waals surface area (Å²) in [7, 11) is 0. The van der Waals surface area contributed by atoms with Gasteiger partial charge in [-0.15, -0.1) is 0 Å². The predicted molar refractivity (Wildman–Crippen MR) is 80.9 cm³/mol. The summed E-state index contributed by atoms with van der Waals surface area (Å²) in [5.41, 5.74) is 3.67. The maximum absolute atomic E-state index is 13.4. The maximum atomic E-state index is 13.4. The molecule has 0 heterocycles. The fourth-order valence-electron chi connectivity index (χ4n) is 2.44. The van der Waals surface area contributed by atoms with Crippen LogP contribution in [0, 0.1) is 12.7 Å². The summed E-state index contributed by atoms with van der Waals surface area (Å²) in [6.45, 7) is 6.49. The van der Waals surface area contributed by atoms with Crippen molar-refractivity contribution >= 4 is 11.4 Å². The number of benzene rings is 2. The maximum Gasteiger partial charge on any atom is 0.123 e. The fraction of sp³-hybridized carbons (Fsp3) is 0.294. The largest absolute Gasteiger partial charge is 0.389 e. The predicted octanol–water partition coefficient (Wildman–Crippen LogP) is 4.35. The standard InChI is InChI=1S/C17H20FNO/c1-4-19(16-8-6-5-7-12(16)2)17-10-9-14(18)11-15(17)13(3)20/h5-11,13,20H,4H2,1-3H3/t13-/m0/s1. The Morgan fingerprint density at radius 2 is 1.85 bits per heavy atom. The van der Waals surface area contributed by atoms with Gasteiger partial charge in [-0.25, -0.2) is 4.39 Å². The topological polar surface area (TPSA) is 23.5 Å². The van der Waals surface area contributed by atoms with E-state index in [1.54, 1.807) is 13.0 Å². The van der Waals surface area contributed by atoms with E-state index < -0.39 is 6.10 Å². The molecule has 0 radical (unpaired) electrons. The molecule has 0 unspecified atom stereocenters. The average molecular weight is 273 g/mol. The third kappa shape index (κ3) is 2.83. The first-order valence-electron chi connectivity index (χ1n) is 6.85. The minimum atomic E-state index is -0.709. The van der Waals surface area contributed by atoms with E-state index in [-0.39, 0.29) is 5.82 Å². The molecule has 0 aliphatic heterocycles. The fourth-order valence-corrected chi connectivity index (χ4v) is 2.44. The van der Waals surface area contributed by atoms with E-state index in [1.165, 1.54) is 12.1 Å². The number of aliphatic hydroxyl groups is 1. The third-order valence-corrected chi connectivity index (χ3v) is 3.45. The lowest BCUT2D eigenvalue weighted by Crippen LogP contribution is -2.19. The van der Waals surface area contributed by atoms with Crippen LogP contribution in [0.5, 0.6) is 0 Å². The van der Waals surface area contributed by atoms with E-state index in [0.717, 1.165) is 23.5 Å². The van der Waals surface area contributed by atoms with E-state index in [0.29, 0.717) is 5.56 Å². The van der Waals surface area contributed by atoms with Gasteiger partial charge >= 0.3 is 0 Å². The number of hydrogen-bond donors (Lipinski definition) is 1. The molecule has 0 spiro atoms. The Bertz CT molecular complexity index is 595. The summed E-state index contributed by atoms with van der Waals surface area (Å²) in [4.78, 5) is 2.09. The lowest BCUT2D eigenvalue weighted by molar-refractivity contribution is 0.199. The van der Waals surface area contributed by atoms with Crippen LogP contribution in [0.4, 0.5) is 15.8 Å². The summed E-state index contributed by atoms with van der Waals surface area (Å²) in [5, 5.41) is 9.90. The number of aryl methyl sites for hydroxylation is 1. The van der Waals surface area contributed by atoms with Gasteiger partial charge in [-0.3, -0.25) is 0 Å². The van der Waals surface area contributed by atoms with E-state index in [2.05, 4.69) is 4.90 Å². The number of nitrogens with zero attached hydrogens (tertiary/aromatic N) is 1. The first-order chi connectivity index (χ1) is 9.54. The molecule has 0 aliphatic carbocycles. The van der Waals surface area contributed by atoms with Gasteiger partial charge in [-0.1, -0.05) is 18.2 Å². The van der Waals surface area contributed by atoms with Crippen molar-refractivity contribution in [2.24, 2.45) is 0 Å². The van der Waals surface area contributed by atoms with E-state index in [1.807, 2.05) is 38.1 Å². The van der Waals surface area contributed by atoms with Gasteiger partial charge in [-0.05, 0) is 50.6 Å². The normalized spacial score (nSPS) is 12.2. The minimum Gasteiger partial charge on any atom is -0.389 e. The van der Waals surface area contributed by atoms with Crippen LogP contribution in [0.25, 0.3) is 0 Å². The number of anilines is 2. The van der Waals surface area contributed by atoms with E-state index in [9.17, 15) is 9.50 Å². The average Bonchev–Trinajstić information content (AvgIpc) is 2.42. The molecule has 0 saturated carbocycles. The summed E-state index contributed by atoms with van der Waals surface area (Å²) >= 11 is 0. The first-order valence-corrected chi connectivity index (χ1v) is 6.85. The third-order valence-electron chi connectivity index (χ3n) is 3.45. The van der Waals surface area contributed by atoms with Crippen LogP contribution in [0.1, 0.15) is 31.1 Å². The lowest BCUT2D eigenvalue weighted by Gasteiger charge is -2.28. The van der Waals surface area contributed by atoms with Crippen LogP contribution in [0.15, 0.2) is 42.5 Å². The molecule has 2 nitrogen and oxygen atoms in total.